The van der Waals surface area contributed by atoms with Crippen molar-refractivity contribution in [3.63, 3.8) is 0 Å². The summed E-state index contributed by atoms with van der Waals surface area (Å²) in [5.41, 5.74) is 3.87. The summed E-state index contributed by atoms with van der Waals surface area (Å²) < 4.78 is 14.5. The molecule has 1 atom stereocenters. The van der Waals surface area contributed by atoms with Crippen LogP contribution < -0.4 is 5.32 Å². The van der Waals surface area contributed by atoms with E-state index in [0.29, 0.717) is 10.6 Å². The first-order valence-electron chi connectivity index (χ1n) is 8.50. The molecule has 1 N–H and O–H groups in total. The Labute approximate surface area is 161 Å². The molecule has 2 aromatic carbocycles. The Balaban J connectivity index is 1.72. The third-order valence-corrected chi connectivity index (χ3v) is 4.76. The van der Waals surface area contributed by atoms with Gasteiger partial charge in [0.2, 0.25) is 0 Å². The zero-order valence-corrected chi connectivity index (χ0v) is 15.3. The normalized spacial score (nSPS) is 12.1. The Morgan fingerprint density at radius 1 is 1.00 bits per heavy atom. The number of anilines is 1. The highest BCUT2D eigenvalue weighted by molar-refractivity contribution is 6.34. The quantitative estimate of drug-likeness (QED) is 0.498. The smallest absolute Gasteiger partial charge is 0.128 e. The van der Waals surface area contributed by atoms with Gasteiger partial charge in [-0.05, 0) is 36.8 Å². The number of benzene rings is 2. The zero-order chi connectivity index (χ0) is 18.8. The number of para-hydroxylation sites is 1. The molecular formula is C21H16ClFN4. The summed E-state index contributed by atoms with van der Waals surface area (Å²) in [5, 5.41) is 12.4. The van der Waals surface area contributed by atoms with Crippen LogP contribution >= 0.6 is 11.6 Å². The van der Waals surface area contributed by atoms with Crippen LogP contribution in [0, 0.1) is 5.82 Å². The average molecular weight is 379 g/mol. The van der Waals surface area contributed by atoms with E-state index >= 15 is 0 Å². The van der Waals surface area contributed by atoms with Gasteiger partial charge in [0.1, 0.15) is 5.82 Å². The van der Waals surface area contributed by atoms with E-state index in [4.69, 9.17) is 11.6 Å². The highest BCUT2D eigenvalue weighted by atomic mass is 35.5. The predicted octanol–water partition coefficient (Wildman–Crippen LogP) is 5.66. The van der Waals surface area contributed by atoms with E-state index in [1.807, 2.05) is 43.3 Å². The number of rotatable bonds is 4. The second-order valence-electron chi connectivity index (χ2n) is 6.23. The highest BCUT2D eigenvalue weighted by Crippen LogP contribution is 2.34. The molecule has 0 aliphatic rings. The maximum absolute atomic E-state index is 14.5. The lowest BCUT2D eigenvalue weighted by Crippen LogP contribution is -2.10. The summed E-state index contributed by atoms with van der Waals surface area (Å²) in [7, 11) is 0. The van der Waals surface area contributed by atoms with Crippen molar-refractivity contribution in [1.82, 2.24) is 15.2 Å². The molecule has 0 bridgehead atoms. The largest absolute Gasteiger partial charge is 0.377 e. The Hall–Kier alpha value is -3.05. The van der Waals surface area contributed by atoms with Gasteiger partial charge in [0.15, 0.2) is 0 Å². The van der Waals surface area contributed by atoms with Crippen LogP contribution in [0.4, 0.5) is 10.1 Å². The topological polar surface area (TPSA) is 50.7 Å². The number of nitrogens with zero attached hydrogens (tertiary/aromatic N) is 3. The van der Waals surface area contributed by atoms with Gasteiger partial charge in [0.05, 0.1) is 34.7 Å². The third-order valence-electron chi connectivity index (χ3n) is 4.47. The Morgan fingerprint density at radius 3 is 2.67 bits per heavy atom. The van der Waals surface area contributed by atoms with Crippen molar-refractivity contribution in [2.75, 3.05) is 5.32 Å². The summed E-state index contributed by atoms with van der Waals surface area (Å²) >= 11 is 6.37. The molecule has 1 unspecified atom stereocenters. The minimum absolute atomic E-state index is 0.282. The van der Waals surface area contributed by atoms with Gasteiger partial charge in [-0.2, -0.15) is 10.2 Å². The fraction of sp³-hybridized carbons (Fsp3) is 0.0952. The van der Waals surface area contributed by atoms with Crippen molar-refractivity contribution < 1.29 is 4.39 Å². The summed E-state index contributed by atoms with van der Waals surface area (Å²) in [6.07, 6.45) is 4.87. The van der Waals surface area contributed by atoms with Crippen LogP contribution in [0.3, 0.4) is 0 Å². The van der Waals surface area contributed by atoms with Gasteiger partial charge in [0.25, 0.3) is 0 Å². The fourth-order valence-electron chi connectivity index (χ4n) is 3.07. The van der Waals surface area contributed by atoms with Crippen molar-refractivity contribution in [3.05, 3.63) is 83.5 Å². The van der Waals surface area contributed by atoms with Crippen molar-refractivity contribution in [2.45, 2.75) is 13.0 Å². The zero-order valence-electron chi connectivity index (χ0n) is 14.5. The lowest BCUT2D eigenvalue weighted by atomic mass is 10.0. The summed E-state index contributed by atoms with van der Waals surface area (Å²) in [4.78, 5) is 4.33. The number of hydrogen-bond acceptors (Lipinski definition) is 4. The van der Waals surface area contributed by atoms with Crippen LogP contribution in [0.15, 0.2) is 67.1 Å². The van der Waals surface area contributed by atoms with Gasteiger partial charge in [-0.15, -0.1) is 0 Å². The predicted molar refractivity (Wildman–Crippen MR) is 106 cm³/mol. The first-order chi connectivity index (χ1) is 13.1. The Kier molecular flexibility index (Phi) is 4.69. The molecule has 0 spiro atoms. The van der Waals surface area contributed by atoms with Gasteiger partial charge in [0, 0.05) is 22.7 Å². The number of fused-ring (bicyclic) bond motifs is 1. The van der Waals surface area contributed by atoms with Gasteiger partial charge >= 0.3 is 0 Å². The van der Waals surface area contributed by atoms with E-state index in [9.17, 15) is 4.39 Å². The van der Waals surface area contributed by atoms with Crippen LogP contribution in [0.1, 0.15) is 18.5 Å². The van der Waals surface area contributed by atoms with Gasteiger partial charge in [-0.1, -0.05) is 35.9 Å². The van der Waals surface area contributed by atoms with E-state index in [-0.39, 0.29) is 11.9 Å². The lowest BCUT2D eigenvalue weighted by Gasteiger charge is -2.19. The SMILES string of the molecule is CC(Nc1c(Cl)cnc2ccccc12)c1cc(-c2ccnnc2)ccc1F. The molecule has 2 aromatic heterocycles. The van der Waals surface area contributed by atoms with E-state index in [2.05, 4.69) is 20.5 Å². The van der Waals surface area contributed by atoms with Crippen molar-refractivity contribution in [1.29, 1.82) is 0 Å². The first kappa shape index (κ1) is 17.4. The van der Waals surface area contributed by atoms with E-state index in [1.165, 1.54) is 6.07 Å². The van der Waals surface area contributed by atoms with Crippen LogP contribution in [0.25, 0.3) is 22.0 Å². The molecule has 27 heavy (non-hydrogen) atoms. The van der Waals surface area contributed by atoms with Gasteiger partial charge < -0.3 is 5.32 Å². The second-order valence-corrected chi connectivity index (χ2v) is 6.64. The molecule has 0 radical (unpaired) electrons. The molecule has 4 nitrogen and oxygen atoms in total. The van der Waals surface area contributed by atoms with Crippen molar-refractivity contribution >= 4 is 28.2 Å². The molecule has 0 aliphatic carbocycles. The van der Waals surface area contributed by atoms with Gasteiger partial charge in [-0.25, -0.2) is 4.39 Å². The molecule has 0 saturated heterocycles. The maximum atomic E-state index is 14.5. The van der Waals surface area contributed by atoms with Crippen molar-refractivity contribution in [3.8, 4) is 11.1 Å². The molecule has 4 rings (SSSR count). The van der Waals surface area contributed by atoms with E-state index in [1.54, 1.807) is 24.7 Å². The van der Waals surface area contributed by atoms with Gasteiger partial charge in [-0.3, -0.25) is 4.98 Å². The molecule has 0 amide bonds. The average Bonchev–Trinajstić information content (AvgIpc) is 2.71. The van der Waals surface area contributed by atoms with E-state index < -0.39 is 0 Å². The summed E-state index contributed by atoms with van der Waals surface area (Å²) in [6, 6.07) is 14.3. The maximum Gasteiger partial charge on any atom is 0.128 e. The molecule has 2 heterocycles. The molecule has 6 heteroatoms. The third kappa shape index (κ3) is 3.46. The number of pyridine rings is 1. The number of nitrogens with one attached hydrogen (secondary N) is 1. The molecule has 0 saturated carbocycles. The number of aromatic nitrogens is 3. The summed E-state index contributed by atoms with van der Waals surface area (Å²) in [5.74, 6) is -0.282. The summed E-state index contributed by atoms with van der Waals surface area (Å²) in [6.45, 7) is 1.90. The molecule has 134 valence electrons. The minimum atomic E-state index is -0.303. The van der Waals surface area contributed by atoms with Crippen LogP contribution in [-0.4, -0.2) is 15.2 Å². The van der Waals surface area contributed by atoms with E-state index in [0.717, 1.165) is 27.7 Å². The van der Waals surface area contributed by atoms with Crippen LogP contribution in [-0.2, 0) is 0 Å². The number of hydrogen-bond donors (Lipinski definition) is 1. The monoisotopic (exact) mass is 378 g/mol. The highest BCUT2D eigenvalue weighted by Gasteiger charge is 2.16. The standard InChI is InChI=1S/C21H16ClFN4/c1-13(27-21-16-4-2-3-5-20(16)24-12-18(21)22)17-10-14(6-7-19(17)23)15-8-9-25-26-11-15/h2-13H,1H3,(H,24,27). The Bertz CT molecular complexity index is 1100. The molecular weight excluding hydrogens is 363 g/mol. The molecule has 0 aliphatic heterocycles. The van der Waals surface area contributed by atoms with Crippen LogP contribution in [0.5, 0.6) is 0 Å². The molecule has 4 aromatic rings. The van der Waals surface area contributed by atoms with Crippen LogP contribution in [0.2, 0.25) is 5.02 Å². The lowest BCUT2D eigenvalue weighted by molar-refractivity contribution is 0.600. The van der Waals surface area contributed by atoms with Crippen molar-refractivity contribution in [2.24, 2.45) is 0 Å². The second kappa shape index (κ2) is 7.29. The first-order valence-corrected chi connectivity index (χ1v) is 8.87. The number of halogens is 2. The fourth-order valence-corrected chi connectivity index (χ4v) is 3.28. The molecule has 0 fully saturated rings. The Morgan fingerprint density at radius 2 is 1.85 bits per heavy atom. The minimum Gasteiger partial charge on any atom is -0.377 e.